The second-order valence-electron chi connectivity index (χ2n) is 4.97. The third kappa shape index (κ3) is 2.24. The summed E-state index contributed by atoms with van der Waals surface area (Å²) in [7, 11) is 0. The van der Waals surface area contributed by atoms with Crippen molar-refractivity contribution < 1.29 is 0 Å². The minimum absolute atomic E-state index is 0.506. The topological polar surface area (TPSA) is 0 Å². The normalized spacial score (nSPS) is 18.4. The average molecular weight is 234 g/mol. The minimum Gasteiger partial charge on any atom is -0.0882 e. The first-order chi connectivity index (χ1) is 8.95. The number of allylic oxidation sites excluding steroid dienone is 2. The first kappa shape index (κ1) is 11.3. The van der Waals surface area contributed by atoms with Crippen LogP contribution < -0.4 is 0 Å². The van der Waals surface area contributed by atoms with Crippen LogP contribution in [0.1, 0.15) is 29.9 Å². The SMILES string of the molecule is C1=CC(C(c2ccccc2)c2ccccc2)CC1. The molecule has 2 aromatic rings. The molecule has 90 valence electrons. The predicted molar refractivity (Wildman–Crippen MR) is 76.6 cm³/mol. The summed E-state index contributed by atoms with van der Waals surface area (Å²) in [5.74, 6) is 1.15. The molecule has 0 nitrogen and oxygen atoms in total. The molecule has 0 bridgehead atoms. The second-order valence-corrected chi connectivity index (χ2v) is 4.97. The molecular formula is C18H18. The van der Waals surface area contributed by atoms with Gasteiger partial charge < -0.3 is 0 Å². The zero-order valence-corrected chi connectivity index (χ0v) is 10.5. The van der Waals surface area contributed by atoms with Crippen molar-refractivity contribution in [2.24, 2.45) is 5.92 Å². The summed E-state index contributed by atoms with van der Waals surface area (Å²) < 4.78 is 0. The summed E-state index contributed by atoms with van der Waals surface area (Å²) in [6.07, 6.45) is 7.21. The predicted octanol–water partition coefficient (Wildman–Crippen LogP) is 4.78. The van der Waals surface area contributed by atoms with Crippen molar-refractivity contribution in [2.75, 3.05) is 0 Å². The molecule has 0 saturated carbocycles. The highest BCUT2D eigenvalue weighted by atomic mass is 14.3. The van der Waals surface area contributed by atoms with Crippen LogP contribution in [0.25, 0.3) is 0 Å². The third-order valence-corrected chi connectivity index (χ3v) is 3.80. The standard InChI is InChI=1S/C18H18/c1-3-9-15(10-4-1)18(17-13-7-8-14-17)16-11-5-2-6-12-16/h1-7,9-13,17-18H,8,14H2. The Hall–Kier alpha value is -1.82. The Morgan fingerprint density at radius 3 is 1.78 bits per heavy atom. The van der Waals surface area contributed by atoms with E-state index < -0.39 is 0 Å². The van der Waals surface area contributed by atoms with E-state index in [-0.39, 0.29) is 0 Å². The molecule has 1 atom stereocenters. The van der Waals surface area contributed by atoms with Crippen LogP contribution in [0, 0.1) is 5.92 Å². The van der Waals surface area contributed by atoms with Crippen molar-refractivity contribution in [2.45, 2.75) is 18.8 Å². The van der Waals surface area contributed by atoms with Gasteiger partial charge in [-0.15, -0.1) is 0 Å². The Bertz CT molecular complexity index is 471. The van der Waals surface area contributed by atoms with Crippen LogP contribution in [-0.4, -0.2) is 0 Å². The number of hydrogen-bond donors (Lipinski definition) is 0. The van der Waals surface area contributed by atoms with E-state index in [1.54, 1.807) is 0 Å². The summed E-state index contributed by atoms with van der Waals surface area (Å²) in [6.45, 7) is 0. The highest BCUT2D eigenvalue weighted by molar-refractivity contribution is 5.35. The molecule has 0 heterocycles. The fourth-order valence-corrected chi connectivity index (χ4v) is 2.94. The van der Waals surface area contributed by atoms with E-state index in [0.29, 0.717) is 11.8 Å². The van der Waals surface area contributed by atoms with Crippen molar-refractivity contribution in [3.63, 3.8) is 0 Å². The summed E-state index contributed by atoms with van der Waals surface area (Å²) in [4.78, 5) is 0. The molecule has 0 aliphatic heterocycles. The van der Waals surface area contributed by atoms with Gasteiger partial charge in [-0.25, -0.2) is 0 Å². The maximum atomic E-state index is 2.39. The molecule has 0 saturated heterocycles. The van der Waals surface area contributed by atoms with Crippen LogP contribution >= 0.6 is 0 Å². The zero-order chi connectivity index (χ0) is 12.2. The molecule has 1 unspecified atom stereocenters. The monoisotopic (exact) mass is 234 g/mol. The molecule has 18 heavy (non-hydrogen) atoms. The van der Waals surface area contributed by atoms with Crippen LogP contribution in [0.3, 0.4) is 0 Å². The van der Waals surface area contributed by atoms with Gasteiger partial charge in [-0.05, 0) is 29.9 Å². The number of benzene rings is 2. The van der Waals surface area contributed by atoms with Crippen LogP contribution in [0.2, 0.25) is 0 Å². The highest BCUT2D eigenvalue weighted by Gasteiger charge is 2.24. The van der Waals surface area contributed by atoms with E-state index in [1.807, 2.05) is 0 Å². The maximum absolute atomic E-state index is 2.39. The molecule has 0 heteroatoms. The van der Waals surface area contributed by atoms with Gasteiger partial charge >= 0.3 is 0 Å². The van der Waals surface area contributed by atoms with Crippen LogP contribution in [-0.2, 0) is 0 Å². The molecule has 2 aromatic carbocycles. The molecular weight excluding hydrogens is 216 g/mol. The largest absolute Gasteiger partial charge is 0.0882 e. The fourth-order valence-electron chi connectivity index (χ4n) is 2.94. The number of hydrogen-bond acceptors (Lipinski definition) is 0. The van der Waals surface area contributed by atoms with Gasteiger partial charge in [-0.2, -0.15) is 0 Å². The summed E-state index contributed by atoms with van der Waals surface area (Å²) in [6, 6.07) is 21.8. The first-order valence-corrected chi connectivity index (χ1v) is 6.72. The van der Waals surface area contributed by atoms with E-state index in [0.717, 1.165) is 0 Å². The average Bonchev–Trinajstić information content (AvgIpc) is 2.95. The Morgan fingerprint density at radius 1 is 0.778 bits per heavy atom. The van der Waals surface area contributed by atoms with Gasteiger partial charge in [-0.3, -0.25) is 0 Å². The van der Waals surface area contributed by atoms with Crippen molar-refractivity contribution in [3.8, 4) is 0 Å². The maximum Gasteiger partial charge on any atom is 0.0152 e. The lowest BCUT2D eigenvalue weighted by molar-refractivity contribution is 0.557. The van der Waals surface area contributed by atoms with Gasteiger partial charge in [0.25, 0.3) is 0 Å². The van der Waals surface area contributed by atoms with Crippen molar-refractivity contribution in [1.29, 1.82) is 0 Å². The van der Waals surface area contributed by atoms with Crippen LogP contribution in [0.5, 0.6) is 0 Å². The molecule has 0 fully saturated rings. The Kier molecular flexibility index (Phi) is 3.27. The summed E-state index contributed by atoms with van der Waals surface area (Å²) >= 11 is 0. The first-order valence-electron chi connectivity index (χ1n) is 6.72. The highest BCUT2D eigenvalue weighted by Crippen LogP contribution is 2.37. The van der Waals surface area contributed by atoms with Gasteiger partial charge in [0.05, 0.1) is 0 Å². The van der Waals surface area contributed by atoms with E-state index in [1.165, 1.54) is 24.0 Å². The lowest BCUT2D eigenvalue weighted by atomic mass is 9.80. The summed E-state index contributed by atoms with van der Waals surface area (Å²) in [5.41, 5.74) is 2.86. The van der Waals surface area contributed by atoms with Crippen molar-refractivity contribution >= 4 is 0 Å². The van der Waals surface area contributed by atoms with Crippen molar-refractivity contribution in [1.82, 2.24) is 0 Å². The lowest BCUT2D eigenvalue weighted by Crippen LogP contribution is -2.10. The van der Waals surface area contributed by atoms with Gasteiger partial charge in [0, 0.05) is 5.92 Å². The van der Waals surface area contributed by atoms with E-state index >= 15 is 0 Å². The molecule has 0 amide bonds. The van der Waals surface area contributed by atoms with E-state index in [2.05, 4.69) is 72.8 Å². The van der Waals surface area contributed by atoms with E-state index in [9.17, 15) is 0 Å². The Labute approximate surface area is 109 Å². The molecule has 0 radical (unpaired) electrons. The zero-order valence-electron chi connectivity index (χ0n) is 10.5. The molecule has 0 spiro atoms. The molecule has 1 aliphatic rings. The summed E-state index contributed by atoms with van der Waals surface area (Å²) in [5, 5.41) is 0. The molecule has 1 aliphatic carbocycles. The van der Waals surface area contributed by atoms with Gasteiger partial charge in [0.15, 0.2) is 0 Å². The lowest BCUT2D eigenvalue weighted by Gasteiger charge is -2.23. The third-order valence-electron chi connectivity index (χ3n) is 3.80. The number of rotatable bonds is 3. The van der Waals surface area contributed by atoms with Gasteiger partial charge in [0.1, 0.15) is 0 Å². The molecule has 0 N–H and O–H groups in total. The van der Waals surface area contributed by atoms with E-state index in [4.69, 9.17) is 0 Å². The fraction of sp³-hybridized carbons (Fsp3) is 0.222. The smallest absolute Gasteiger partial charge is 0.0152 e. The second kappa shape index (κ2) is 5.22. The van der Waals surface area contributed by atoms with Crippen molar-refractivity contribution in [3.05, 3.63) is 83.9 Å². The minimum atomic E-state index is 0.506. The molecule has 0 aromatic heterocycles. The Balaban J connectivity index is 2.01. The quantitative estimate of drug-likeness (QED) is 0.670. The van der Waals surface area contributed by atoms with Gasteiger partial charge in [0.2, 0.25) is 0 Å². The molecule has 3 rings (SSSR count). The van der Waals surface area contributed by atoms with Gasteiger partial charge in [-0.1, -0.05) is 72.8 Å². The van der Waals surface area contributed by atoms with Crippen LogP contribution in [0.4, 0.5) is 0 Å². The Morgan fingerprint density at radius 2 is 1.33 bits per heavy atom. The van der Waals surface area contributed by atoms with Crippen LogP contribution in [0.15, 0.2) is 72.8 Å².